The van der Waals surface area contributed by atoms with Crippen LogP contribution >= 0.6 is 11.8 Å². The molecule has 0 saturated heterocycles. The highest BCUT2D eigenvalue weighted by Crippen LogP contribution is 2.38. The lowest BCUT2D eigenvalue weighted by molar-refractivity contribution is 0.00863. The monoisotopic (exact) mass is 295 g/mol. The molecule has 1 atom stereocenters. The first-order valence-electron chi connectivity index (χ1n) is 7.21. The minimum atomic E-state index is -0.0828. The summed E-state index contributed by atoms with van der Waals surface area (Å²) in [6.45, 7) is 9.58. The first kappa shape index (κ1) is 15.6. The molecule has 20 heavy (non-hydrogen) atoms. The average Bonchev–Trinajstić information content (AvgIpc) is 2.83. The Kier molecular flexibility index (Phi) is 4.91. The largest absolute Gasteiger partial charge is 0.373 e. The van der Waals surface area contributed by atoms with Gasteiger partial charge in [-0.15, -0.1) is 0 Å². The number of anilines is 1. The Balaban J connectivity index is 2.39. The number of fused-ring (bicyclic) bond motifs is 1. The van der Waals surface area contributed by atoms with Crippen LogP contribution in [0.15, 0.2) is 0 Å². The fraction of sp³-hybridized carbons (Fsp3) is 0.733. The minimum Gasteiger partial charge on any atom is -0.373 e. The van der Waals surface area contributed by atoms with E-state index in [0.29, 0.717) is 0 Å². The Labute approximate surface area is 126 Å². The van der Waals surface area contributed by atoms with Gasteiger partial charge in [0.15, 0.2) is 5.82 Å². The van der Waals surface area contributed by atoms with Crippen molar-refractivity contribution in [3.63, 3.8) is 0 Å². The van der Waals surface area contributed by atoms with Crippen LogP contribution in [0.4, 0.5) is 5.82 Å². The van der Waals surface area contributed by atoms with E-state index in [4.69, 9.17) is 14.7 Å². The topological polar surface area (TPSA) is 47.0 Å². The lowest BCUT2D eigenvalue weighted by Crippen LogP contribution is -2.23. The molecule has 0 amide bonds. The zero-order valence-electron chi connectivity index (χ0n) is 13.1. The van der Waals surface area contributed by atoms with Crippen LogP contribution in [0.1, 0.15) is 57.3 Å². The SMILES string of the molecule is CCCNc1nc(C(OC)C(C)(C)C)nc2c1CSC2. The van der Waals surface area contributed by atoms with Crippen LogP contribution in [-0.4, -0.2) is 23.6 Å². The van der Waals surface area contributed by atoms with Crippen LogP contribution in [-0.2, 0) is 16.2 Å². The molecule has 5 heteroatoms. The third-order valence-corrected chi connectivity index (χ3v) is 4.36. The van der Waals surface area contributed by atoms with E-state index in [-0.39, 0.29) is 11.5 Å². The van der Waals surface area contributed by atoms with E-state index in [1.165, 1.54) is 11.3 Å². The first-order valence-corrected chi connectivity index (χ1v) is 8.37. The fourth-order valence-electron chi connectivity index (χ4n) is 2.42. The first-order chi connectivity index (χ1) is 9.47. The van der Waals surface area contributed by atoms with Gasteiger partial charge in [0.05, 0.1) is 5.69 Å². The Morgan fingerprint density at radius 3 is 2.65 bits per heavy atom. The number of nitrogens with zero attached hydrogens (tertiary/aromatic N) is 2. The third kappa shape index (κ3) is 3.26. The number of ether oxygens (including phenoxy) is 1. The number of aromatic nitrogens is 2. The second-order valence-electron chi connectivity index (χ2n) is 6.26. The fourth-order valence-corrected chi connectivity index (χ4v) is 3.47. The molecule has 0 fully saturated rings. The van der Waals surface area contributed by atoms with Crippen LogP contribution in [0.25, 0.3) is 0 Å². The number of nitrogens with one attached hydrogen (secondary N) is 1. The summed E-state index contributed by atoms with van der Waals surface area (Å²) in [6, 6.07) is 0. The van der Waals surface area contributed by atoms with Crippen molar-refractivity contribution in [2.45, 2.75) is 51.7 Å². The van der Waals surface area contributed by atoms with Gasteiger partial charge in [0.1, 0.15) is 11.9 Å². The molecule has 1 aliphatic rings. The van der Waals surface area contributed by atoms with Crippen molar-refractivity contribution in [2.24, 2.45) is 5.41 Å². The molecule has 0 aromatic carbocycles. The Morgan fingerprint density at radius 1 is 1.30 bits per heavy atom. The quantitative estimate of drug-likeness (QED) is 0.895. The van der Waals surface area contributed by atoms with Gasteiger partial charge in [0, 0.05) is 30.7 Å². The van der Waals surface area contributed by atoms with Crippen molar-refractivity contribution in [2.75, 3.05) is 19.0 Å². The summed E-state index contributed by atoms with van der Waals surface area (Å²) in [5, 5.41) is 3.45. The second kappa shape index (κ2) is 6.31. The highest BCUT2D eigenvalue weighted by molar-refractivity contribution is 7.98. The van der Waals surface area contributed by atoms with Crippen LogP contribution in [0.3, 0.4) is 0 Å². The van der Waals surface area contributed by atoms with Crippen molar-refractivity contribution in [3.8, 4) is 0 Å². The standard InChI is InChI=1S/C15H25N3OS/c1-6-7-16-13-10-8-20-9-11(10)17-14(18-13)12(19-5)15(2,3)4/h12H,6-9H2,1-5H3,(H,16,17,18). The van der Waals surface area contributed by atoms with Crippen LogP contribution in [0.5, 0.6) is 0 Å². The highest BCUT2D eigenvalue weighted by atomic mass is 32.2. The summed E-state index contributed by atoms with van der Waals surface area (Å²) in [6.07, 6.45) is 1.01. The van der Waals surface area contributed by atoms with Crippen molar-refractivity contribution in [1.82, 2.24) is 9.97 Å². The van der Waals surface area contributed by atoms with Crippen LogP contribution < -0.4 is 5.32 Å². The molecule has 4 nitrogen and oxygen atoms in total. The summed E-state index contributed by atoms with van der Waals surface area (Å²) in [7, 11) is 1.74. The van der Waals surface area contributed by atoms with Gasteiger partial charge in [0.2, 0.25) is 0 Å². The normalized spacial score (nSPS) is 16.1. The molecule has 0 bridgehead atoms. The molecular weight excluding hydrogens is 270 g/mol. The molecule has 0 spiro atoms. The van der Waals surface area contributed by atoms with Gasteiger partial charge >= 0.3 is 0 Å². The molecule has 112 valence electrons. The predicted octanol–water partition coefficient (Wildman–Crippen LogP) is 3.78. The Bertz CT molecular complexity index is 471. The highest BCUT2D eigenvalue weighted by Gasteiger charge is 2.31. The summed E-state index contributed by atoms with van der Waals surface area (Å²) in [4.78, 5) is 9.52. The van der Waals surface area contributed by atoms with Crippen LogP contribution in [0, 0.1) is 5.41 Å². The van der Waals surface area contributed by atoms with Gasteiger partial charge in [0.25, 0.3) is 0 Å². The number of hydrogen-bond donors (Lipinski definition) is 1. The smallest absolute Gasteiger partial charge is 0.160 e. The third-order valence-electron chi connectivity index (χ3n) is 3.39. The molecule has 1 aromatic heterocycles. The molecule has 0 aliphatic carbocycles. The van der Waals surface area contributed by atoms with Gasteiger partial charge in [-0.1, -0.05) is 27.7 Å². The molecule has 1 aromatic rings. The Hall–Kier alpha value is -0.810. The number of methoxy groups -OCH3 is 1. The summed E-state index contributed by atoms with van der Waals surface area (Å²) in [5.74, 6) is 3.80. The summed E-state index contributed by atoms with van der Waals surface area (Å²) >= 11 is 1.90. The maximum atomic E-state index is 5.66. The van der Waals surface area contributed by atoms with Gasteiger partial charge in [-0.2, -0.15) is 11.8 Å². The maximum Gasteiger partial charge on any atom is 0.160 e. The molecular formula is C15H25N3OS. The molecule has 1 N–H and O–H groups in total. The maximum absolute atomic E-state index is 5.66. The number of rotatable bonds is 5. The summed E-state index contributed by atoms with van der Waals surface area (Å²) in [5.41, 5.74) is 2.43. The molecule has 2 heterocycles. The zero-order chi connectivity index (χ0) is 14.8. The van der Waals surface area contributed by atoms with E-state index < -0.39 is 0 Å². The molecule has 0 saturated carbocycles. The average molecular weight is 295 g/mol. The van der Waals surface area contributed by atoms with E-state index in [0.717, 1.165) is 36.1 Å². The summed E-state index contributed by atoms with van der Waals surface area (Å²) < 4.78 is 5.66. The van der Waals surface area contributed by atoms with E-state index in [1.54, 1.807) is 7.11 Å². The van der Waals surface area contributed by atoms with Gasteiger partial charge in [-0.05, 0) is 11.8 Å². The van der Waals surface area contributed by atoms with E-state index in [9.17, 15) is 0 Å². The van der Waals surface area contributed by atoms with Crippen molar-refractivity contribution in [3.05, 3.63) is 17.1 Å². The second-order valence-corrected chi connectivity index (χ2v) is 7.24. The van der Waals surface area contributed by atoms with Gasteiger partial charge in [-0.3, -0.25) is 0 Å². The van der Waals surface area contributed by atoms with E-state index >= 15 is 0 Å². The van der Waals surface area contributed by atoms with E-state index in [2.05, 4.69) is 33.0 Å². The molecule has 1 aliphatic heterocycles. The van der Waals surface area contributed by atoms with Crippen molar-refractivity contribution in [1.29, 1.82) is 0 Å². The Morgan fingerprint density at radius 2 is 2.05 bits per heavy atom. The van der Waals surface area contributed by atoms with Crippen LogP contribution in [0.2, 0.25) is 0 Å². The van der Waals surface area contributed by atoms with Gasteiger partial charge in [-0.25, -0.2) is 9.97 Å². The van der Waals surface area contributed by atoms with Gasteiger partial charge < -0.3 is 10.1 Å². The van der Waals surface area contributed by atoms with E-state index in [1.807, 2.05) is 11.8 Å². The zero-order valence-corrected chi connectivity index (χ0v) is 13.9. The van der Waals surface area contributed by atoms with Crippen molar-refractivity contribution >= 4 is 17.6 Å². The van der Waals surface area contributed by atoms with Crippen molar-refractivity contribution < 1.29 is 4.74 Å². The molecule has 2 rings (SSSR count). The lowest BCUT2D eigenvalue weighted by atomic mass is 9.88. The predicted molar refractivity (Wildman–Crippen MR) is 85.0 cm³/mol. The lowest BCUT2D eigenvalue weighted by Gasteiger charge is -2.28. The number of thioether (sulfide) groups is 1. The molecule has 0 radical (unpaired) electrons. The minimum absolute atomic E-state index is 0.0171. The number of hydrogen-bond acceptors (Lipinski definition) is 5. The molecule has 1 unspecified atom stereocenters.